The molecular weight excluding hydrogens is 250 g/mol. The topological polar surface area (TPSA) is 61.5 Å². The molecule has 2 N–H and O–H groups in total. The van der Waals surface area contributed by atoms with Crippen LogP contribution in [0.2, 0.25) is 0 Å². The zero-order valence-corrected chi connectivity index (χ0v) is 11.4. The molecule has 0 radical (unpaired) electrons. The molecule has 2 atom stereocenters. The summed E-state index contributed by atoms with van der Waals surface area (Å²) in [6.07, 6.45) is 0.983. The van der Waals surface area contributed by atoms with Crippen molar-refractivity contribution in [1.29, 1.82) is 0 Å². The van der Waals surface area contributed by atoms with Crippen molar-refractivity contribution in [2.45, 2.75) is 18.2 Å². The third-order valence-corrected chi connectivity index (χ3v) is 4.57. The average molecular weight is 269 g/mol. The molecule has 1 aromatic rings. The maximum Gasteiger partial charge on any atom is 0.120 e. The van der Waals surface area contributed by atoms with Gasteiger partial charge >= 0.3 is 0 Å². The molecule has 0 bridgehead atoms. The summed E-state index contributed by atoms with van der Waals surface area (Å²) in [7, 11) is -1.08. The zero-order chi connectivity index (χ0) is 13.0. The van der Waals surface area contributed by atoms with E-state index in [-0.39, 0.29) is 0 Å². The van der Waals surface area contributed by atoms with Crippen LogP contribution in [0.15, 0.2) is 23.1 Å². The number of rotatable bonds is 5. The van der Waals surface area contributed by atoms with E-state index >= 15 is 0 Å². The second-order valence-electron chi connectivity index (χ2n) is 4.37. The first-order valence-electron chi connectivity index (χ1n) is 6.19. The molecule has 4 nitrogen and oxygen atoms in total. The lowest BCUT2D eigenvalue weighted by atomic mass is 10.2. The van der Waals surface area contributed by atoms with Crippen LogP contribution in [0.1, 0.15) is 13.3 Å². The first-order valence-corrected chi connectivity index (χ1v) is 7.51. The van der Waals surface area contributed by atoms with Crippen molar-refractivity contribution in [1.82, 2.24) is 0 Å². The average Bonchev–Trinajstić information content (AvgIpc) is 2.84. The molecule has 2 unspecified atom stereocenters. The standard InChI is InChI=1S/C13H19NO3S/c1-2-17-11-3-4-12(14)13(7-11)18(15)9-10-5-6-16-8-10/h3-4,7,10H,2,5-6,8-9,14H2,1H3. The van der Waals surface area contributed by atoms with E-state index in [2.05, 4.69) is 0 Å². The van der Waals surface area contributed by atoms with E-state index < -0.39 is 10.8 Å². The van der Waals surface area contributed by atoms with Crippen LogP contribution in [0.25, 0.3) is 0 Å². The number of ether oxygens (including phenoxy) is 2. The highest BCUT2D eigenvalue weighted by Crippen LogP contribution is 2.25. The number of anilines is 1. The lowest BCUT2D eigenvalue weighted by molar-refractivity contribution is 0.189. The van der Waals surface area contributed by atoms with E-state index in [0.29, 0.717) is 35.5 Å². The van der Waals surface area contributed by atoms with Crippen molar-refractivity contribution < 1.29 is 13.7 Å². The van der Waals surface area contributed by atoms with Crippen LogP contribution in [-0.2, 0) is 15.5 Å². The van der Waals surface area contributed by atoms with Gasteiger partial charge in [0.1, 0.15) is 5.75 Å². The molecule has 0 amide bonds. The van der Waals surface area contributed by atoms with Gasteiger partial charge in [-0.15, -0.1) is 0 Å². The molecule has 1 saturated heterocycles. The predicted octanol–water partition coefficient (Wildman–Crippen LogP) is 1.81. The molecule has 18 heavy (non-hydrogen) atoms. The first kappa shape index (κ1) is 13.4. The Morgan fingerprint density at radius 1 is 1.56 bits per heavy atom. The molecule has 100 valence electrons. The quantitative estimate of drug-likeness (QED) is 0.828. The Labute approximate surface area is 110 Å². The number of nitrogens with two attached hydrogens (primary N) is 1. The lowest BCUT2D eigenvalue weighted by Crippen LogP contribution is -2.12. The van der Waals surface area contributed by atoms with Crippen LogP contribution < -0.4 is 10.5 Å². The van der Waals surface area contributed by atoms with Crippen LogP contribution in [0.3, 0.4) is 0 Å². The Hall–Kier alpha value is -1.07. The monoisotopic (exact) mass is 269 g/mol. The molecule has 1 aromatic carbocycles. The fourth-order valence-corrected chi connectivity index (χ4v) is 3.44. The van der Waals surface area contributed by atoms with Gasteiger partial charge in [-0.05, 0) is 37.5 Å². The Bertz CT molecular complexity index is 430. The molecule has 0 aromatic heterocycles. The fraction of sp³-hybridized carbons (Fsp3) is 0.538. The van der Waals surface area contributed by atoms with Crippen molar-refractivity contribution in [2.75, 3.05) is 31.3 Å². The summed E-state index contributed by atoms with van der Waals surface area (Å²) >= 11 is 0. The molecule has 1 fully saturated rings. The maximum atomic E-state index is 12.3. The Morgan fingerprint density at radius 3 is 3.06 bits per heavy atom. The van der Waals surface area contributed by atoms with E-state index in [9.17, 15) is 4.21 Å². The molecule has 2 rings (SSSR count). The number of nitrogen functional groups attached to an aromatic ring is 1. The van der Waals surface area contributed by atoms with Crippen molar-refractivity contribution >= 4 is 16.5 Å². The fourth-order valence-electron chi connectivity index (χ4n) is 1.99. The summed E-state index contributed by atoms with van der Waals surface area (Å²) in [6.45, 7) is 3.99. The lowest BCUT2D eigenvalue weighted by Gasteiger charge is -2.11. The van der Waals surface area contributed by atoms with Crippen LogP contribution in [0.4, 0.5) is 5.69 Å². The van der Waals surface area contributed by atoms with Gasteiger partial charge in [-0.2, -0.15) is 0 Å². The SMILES string of the molecule is CCOc1ccc(N)c(S(=O)CC2CCOC2)c1. The minimum absolute atomic E-state index is 0.376. The van der Waals surface area contributed by atoms with Crippen LogP contribution in [0, 0.1) is 5.92 Å². The third-order valence-electron chi connectivity index (χ3n) is 2.95. The number of hydrogen-bond donors (Lipinski definition) is 1. The van der Waals surface area contributed by atoms with E-state index in [4.69, 9.17) is 15.2 Å². The Balaban J connectivity index is 2.09. The minimum Gasteiger partial charge on any atom is -0.494 e. The van der Waals surface area contributed by atoms with Crippen LogP contribution >= 0.6 is 0 Å². The van der Waals surface area contributed by atoms with Gasteiger partial charge < -0.3 is 15.2 Å². The predicted molar refractivity (Wildman–Crippen MR) is 72.2 cm³/mol. The van der Waals surface area contributed by atoms with E-state index in [1.54, 1.807) is 18.2 Å². The highest BCUT2D eigenvalue weighted by molar-refractivity contribution is 7.85. The third kappa shape index (κ3) is 3.23. The summed E-state index contributed by atoms with van der Waals surface area (Å²) in [5.41, 5.74) is 6.45. The van der Waals surface area contributed by atoms with E-state index in [0.717, 1.165) is 18.8 Å². The van der Waals surface area contributed by atoms with Crippen molar-refractivity contribution in [3.05, 3.63) is 18.2 Å². The summed E-state index contributed by atoms with van der Waals surface area (Å²) in [5, 5.41) is 0. The van der Waals surface area contributed by atoms with Gasteiger partial charge in [-0.3, -0.25) is 4.21 Å². The molecule has 5 heteroatoms. The van der Waals surface area contributed by atoms with Gasteiger partial charge in [0.2, 0.25) is 0 Å². The van der Waals surface area contributed by atoms with Crippen molar-refractivity contribution in [3.63, 3.8) is 0 Å². The first-order chi connectivity index (χ1) is 8.70. The molecule has 0 saturated carbocycles. The highest BCUT2D eigenvalue weighted by Gasteiger charge is 2.20. The minimum atomic E-state index is -1.08. The normalized spacial score (nSPS) is 20.8. The second-order valence-corrected chi connectivity index (χ2v) is 5.84. The molecule has 1 aliphatic heterocycles. The largest absolute Gasteiger partial charge is 0.494 e. The molecule has 0 aliphatic carbocycles. The Kier molecular flexibility index (Phi) is 4.60. The molecule has 1 heterocycles. The number of hydrogen-bond acceptors (Lipinski definition) is 4. The Morgan fingerprint density at radius 2 is 2.39 bits per heavy atom. The molecular formula is C13H19NO3S. The van der Waals surface area contributed by atoms with Gasteiger partial charge in [-0.1, -0.05) is 0 Å². The summed E-state index contributed by atoms with van der Waals surface area (Å²) in [6, 6.07) is 5.34. The maximum absolute atomic E-state index is 12.3. The van der Waals surface area contributed by atoms with Crippen LogP contribution in [0.5, 0.6) is 5.75 Å². The van der Waals surface area contributed by atoms with E-state index in [1.807, 2.05) is 6.92 Å². The number of benzene rings is 1. The van der Waals surface area contributed by atoms with Crippen LogP contribution in [-0.4, -0.2) is 29.8 Å². The highest BCUT2D eigenvalue weighted by atomic mass is 32.2. The van der Waals surface area contributed by atoms with Gasteiger partial charge in [0.25, 0.3) is 0 Å². The summed E-state index contributed by atoms with van der Waals surface area (Å²) in [5.74, 6) is 1.71. The molecule has 0 spiro atoms. The van der Waals surface area contributed by atoms with Gasteiger partial charge in [0.05, 0.1) is 28.9 Å². The van der Waals surface area contributed by atoms with Gasteiger partial charge in [0, 0.05) is 18.0 Å². The second kappa shape index (κ2) is 6.20. The van der Waals surface area contributed by atoms with Crippen molar-refractivity contribution in [2.24, 2.45) is 5.92 Å². The van der Waals surface area contributed by atoms with E-state index in [1.165, 1.54) is 0 Å². The summed E-state index contributed by atoms with van der Waals surface area (Å²) in [4.78, 5) is 0.674. The van der Waals surface area contributed by atoms with Gasteiger partial charge in [-0.25, -0.2) is 0 Å². The zero-order valence-electron chi connectivity index (χ0n) is 10.6. The van der Waals surface area contributed by atoms with Gasteiger partial charge in [0.15, 0.2) is 0 Å². The molecule has 1 aliphatic rings. The smallest absolute Gasteiger partial charge is 0.120 e. The summed E-state index contributed by atoms with van der Waals surface area (Å²) < 4.78 is 23.0. The van der Waals surface area contributed by atoms with Crippen molar-refractivity contribution in [3.8, 4) is 5.75 Å².